The molecule has 2 heterocycles. The molecule has 0 atom stereocenters. The molecule has 0 bridgehead atoms. The normalized spacial score (nSPS) is 11.6. The minimum Gasteiger partial charge on any atom is -0.247 e. The Labute approximate surface area is 322 Å². The first-order chi connectivity index (χ1) is 27.7. The minimum atomic E-state index is 0.458. The lowest BCUT2D eigenvalue weighted by atomic mass is 9.91. The average molecular weight is 711 g/mol. The molecule has 0 aliphatic carbocycles. The minimum absolute atomic E-state index is 0.458. The molecule has 0 saturated carbocycles. The molecule has 0 unspecified atom stereocenters. The zero-order valence-electron chi connectivity index (χ0n) is 30.1. The van der Waals surface area contributed by atoms with Crippen molar-refractivity contribution in [1.29, 1.82) is 5.26 Å². The maximum atomic E-state index is 10.7. The lowest BCUT2D eigenvalue weighted by Gasteiger charge is -2.16. The second-order valence-corrected chi connectivity index (χ2v) is 14.2. The van der Waals surface area contributed by atoms with Gasteiger partial charge in [0.05, 0.1) is 33.7 Å². The Balaban J connectivity index is 1.17. The molecule has 11 rings (SSSR count). The van der Waals surface area contributed by atoms with Crippen LogP contribution >= 0.6 is 0 Å². The van der Waals surface area contributed by atoms with Crippen molar-refractivity contribution in [3.8, 4) is 51.0 Å². The Morgan fingerprint density at radius 3 is 1.46 bits per heavy atom. The topological polar surface area (TPSA) is 62.5 Å². The van der Waals surface area contributed by atoms with Crippen LogP contribution in [0.15, 0.2) is 182 Å². The van der Waals surface area contributed by atoms with E-state index in [1.807, 2.05) is 66.7 Å². The lowest BCUT2D eigenvalue weighted by molar-refractivity contribution is 1.29. The largest absolute Gasteiger partial charge is 0.247 e. The molecule has 0 amide bonds. The number of para-hydroxylation sites is 1. The van der Waals surface area contributed by atoms with Crippen molar-refractivity contribution in [3.63, 3.8) is 0 Å². The van der Waals surface area contributed by atoms with Gasteiger partial charge in [-0.25, -0.2) is 15.0 Å². The van der Waals surface area contributed by atoms with Crippen LogP contribution in [0.25, 0.3) is 110 Å². The third-order valence-corrected chi connectivity index (χ3v) is 11.0. The van der Waals surface area contributed by atoms with E-state index in [1.165, 1.54) is 32.3 Å². The number of pyridine rings is 1. The summed E-state index contributed by atoms with van der Waals surface area (Å²) in [7, 11) is 0. The zero-order chi connectivity index (χ0) is 37.2. The summed E-state index contributed by atoms with van der Waals surface area (Å²) in [5.41, 5.74) is 9.94. The van der Waals surface area contributed by atoms with Gasteiger partial charge in [0, 0.05) is 32.8 Å². The van der Waals surface area contributed by atoms with Crippen LogP contribution in [0.3, 0.4) is 0 Å². The molecule has 258 valence electrons. The van der Waals surface area contributed by atoms with Crippen molar-refractivity contribution in [2.45, 2.75) is 0 Å². The summed E-state index contributed by atoms with van der Waals surface area (Å²) in [5.74, 6) is 0. The van der Waals surface area contributed by atoms with E-state index in [0.29, 0.717) is 16.6 Å². The summed E-state index contributed by atoms with van der Waals surface area (Å²) < 4.78 is 0. The van der Waals surface area contributed by atoms with Crippen molar-refractivity contribution in [3.05, 3.63) is 188 Å². The van der Waals surface area contributed by atoms with E-state index >= 15 is 0 Å². The highest BCUT2D eigenvalue weighted by molar-refractivity contribution is 6.26. The molecule has 2 aromatic heterocycles. The van der Waals surface area contributed by atoms with Gasteiger partial charge >= 0.3 is 0 Å². The molecule has 0 radical (unpaired) electrons. The van der Waals surface area contributed by atoms with Crippen LogP contribution < -0.4 is 0 Å². The van der Waals surface area contributed by atoms with Crippen LogP contribution in [0, 0.1) is 11.3 Å². The van der Waals surface area contributed by atoms with Gasteiger partial charge in [-0.1, -0.05) is 158 Å². The van der Waals surface area contributed by atoms with Gasteiger partial charge in [0.15, 0.2) is 0 Å². The van der Waals surface area contributed by atoms with Crippen molar-refractivity contribution in [1.82, 2.24) is 15.0 Å². The van der Waals surface area contributed by atoms with Gasteiger partial charge in [-0.15, -0.1) is 0 Å². The van der Waals surface area contributed by atoms with E-state index in [2.05, 4.69) is 121 Å². The summed E-state index contributed by atoms with van der Waals surface area (Å²) in [6, 6.07) is 65.6. The predicted octanol–water partition coefficient (Wildman–Crippen LogP) is 13.3. The number of rotatable bonds is 4. The molecule has 0 N–H and O–H groups in total. The molecule has 0 aliphatic rings. The third-order valence-electron chi connectivity index (χ3n) is 11.0. The lowest BCUT2D eigenvalue weighted by Crippen LogP contribution is -2.00. The van der Waals surface area contributed by atoms with Crippen LogP contribution in [0.2, 0.25) is 0 Å². The van der Waals surface area contributed by atoms with E-state index in [1.54, 1.807) is 0 Å². The van der Waals surface area contributed by atoms with Crippen LogP contribution in [0.1, 0.15) is 5.56 Å². The number of benzene rings is 9. The van der Waals surface area contributed by atoms with Crippen molar-refractivity contribution in [2.75, 3.05) is 0 Å². The number of hydrogen-bond donors (Lipinski definition) is 0. The summed E-state index contributed by atoms with van der Waals surface area (Å²) >= 11 is 0. The van der Waals surface area contributed by atoms with Crippen LogP contribution in [-0.4, -0.2) is 15.0 Å². The summed E-state index contributed by atoms with van der Waals surface area (Å²) in [4.78, 5) is 16.0. The quantitative estimate of drug-likeness (QED) is 0.171. The first-order valence-electron chi connectivity index (χ1n) is 18.8. The molecule has 0 fully saturated rings. The summed E-state index contributed by atoms with van der Waals surface area (Å²) in [6.07, 6.45) is 0. The van der Waals surface area contributed by atoms with Gasteiger partial charge in [-0.3, -0.25) is 0 Å². The molecule has 4 heteroatoms. The number of nitrogens with zero attached hydrogens (tertiary/aromatic N) is 4. The van der Waals surface area contributed by atoms with Crippen LogP contribution in [-0.2, 0) is 0 Å². The molecule has 11 aromatic rings. The molecule has 0 aliphatic heterocycles. The fourth-order valence-electron chi connectivity index (χ4n) is 8.47. The first kappa shape index (κ1) is 31.8. The average Bonchev–Trinajstić information content (AvgIpc) is 3.28. The molecule has 4 nitrogen and oxygen atoms in total. The highest BCUT2D eigenvalue weighted by atomic mass is 14.8. The second kappa shape index (κ2) is 12.7. The van der Waals surface area contributed by atoms with E-state index in [9.17, 15) is 5.26 Å². The Morgan fingerprint density at radius 1 is 0.321 bits per heavy atom. The fraction of sp³-hybridized carbons (Fsp3) is 0. The second-order valence-electron chi connectivity index (χ2n) is 14.2. The molecule has 0 saturated heterocycles. The van der Waals surface area contributed by atoms with Gasteiger partial charge in [-0.2, -0.15) is 5.26 Å². The van der Waals surface area contributed by atoms with E-state index in [4.69, 9.17) is 15.0 Å². The Morgan fingerprint density at radius 2 is 0.821 bits per heavy atom. The van der Waals surface area contributed by atoms with Gasteiger partial charge in [0.25, 0.3) is 0 Å². The third kappa shape index (κ3) is 4.96. The highest BCUT2D eigenvalue weighted by Crippen LogP contribution is 2.42. The smallest absolute Gasteiger partial charge is 0.108 e. The van der Waals surface area contributed by atoms with E-state index < -0.39 is 0 Å². The highest BCUT2D eigenvalue weighted by Gasteiger charge is 2.21. The Hall–Kier alpha value is -7.74. The Bertz CT molecular complexity index is 3390. The number of hydrogen-bond acceptors (Lipinski definition) is 4. The number of nitriles is 1. The number of fused-ring (bicyclic) bond motifs is 11. The van der Waals surface area contributed by atoms with Gasteiger partial charge in [0.2, 0.25) is 0 Å². The summed E-state index contributed by atoms with van der Waals surface area (Å²) in [6.45, 7) is 0. The van der Waals surface area contributed by atoms with Crippen molar-refractivity contribution in [2.24, 2.45) is 0 Å². The zero-order valence-corrected chi connectivity index (χ0v) is 30.1. The predicted molar refractivity (Wildman–Crippen MR) is 231 cm³/mol. The first-order valence-corrected chi connectivity index (χ1v) is 18.8. The molecule has 56 heavy (non-hydrogen) atoms. The standard InChI is InChI=1S/C52H30N4/c53-31-37-30-45-47(52-51(37)55-49(32-14-3-1-4-15-32)50(56-52)33-16-5-2-6-17-33)43-24-11-12-25-46(43)54-48(45)36-19-13-18-34(28-36)35-26-27-42-40-22-8-7-20-38(40)39-21-9-10-23-41(39)44(42)29-35/h1-30H. The van der Waals surface area contributed by atoms with Gasteiger partial charge in [0.1, 0.15) is 11.6 Å². The SMILES string of the molecule is N#Cc1cc2c(-c3cccc(-c4ccc5c6ccccc6c6ccccc6c5c4)c3)nc3ccccc3c2c2nc(-c3ccccc3)c(-c3ccccc3)nc12. The molecular formula is C52H30N4. The fourth-order valence-corrected chi connectivity index (χ4v) is 8.47. The monoisotopic (exact) mass is 710 g/mol. The number of aromatic nitrogens is 3. The maximum Gasteiger partial charge on any atom is 0.108 e. The van der Waals surface area contributed by atoms with Crippen LogP contribution in [0.4, 0.5) is 0 Å². The van der Waals surface area contributed by atoms with Gasteiger partial charge < -0.3 is 0 Å². The van der Waals surface area contributed by atoms with E-state index in [0.717, 1.165) is 66.6 Å². The van der Waals surface area contributed by atoms with E-state index in [-0.39, 0.29) is 0 Å². The van der Waals surface area contributed by atoms with Crippen molar-refractivity contribution < 1.29 is 0 Å². The van der Waals surface area contributed by atoms with Crippen molar-refractivity contribution >= 4 is 65.0 Å². The maximum absolute atomic E-state index is 10.7. The van der Waals surface area contributed by atoms with Gasteiger partial charge in [-0.05, 0) is 67.7 Å². The summed E-state index contributed by atoms with van der Waals surface area (Å²) in [5, 5.41) is 20.9. The van der Waals surface area contributed by atoms with Crippen LogP contribution in [0.5, 0.6) is 0 Å². The molecule has 9 aromatic carbocycles. The Kier molecular flexibility index (Phi) is 7.20. The molecular weight excluding hydrogens is 681 g/mol. The molecule has 0 spiro atoms.